The van der Waals surface area contributed by atoms with Crippen LogP contribution in [0.15, 0.2) is 54.6 Å². The van der Waals surface area contributed by atoms with Gasteiger partial charge in [0.15, 0.2) is 5.78 Å². The van der Waals surface area contributed by atoms with Crippen LogP contribution in [0.4, 0.5) is 5.69 Å². The SMILES string of the molecule is CCCCCCCCN(CCCCCCCC)c1cccc(C(C#N)C(=O)Cc2ccccc2)c1. The number of hydrogen-bond acceptors (Lipinski definition) is 3. The first-order valence-electron chi connectivity index (χ1n) is 14.0. The molecule has 0 radical (unpaired) electrons. The Labute approximate surface area is 214 Å². The number of nitriles is 1. The molecule has 0 amide bonds. The number of unbranched alkanes of at least 4 members (excludes halogenated alkanes) is 10. The first-order chi connectivity index (χ1) is 17.2. The van der Waals surface area contributed by atoms with Crippen molar-refractivity contribution in [2.75, 3.05) is 18.0 Å². The molecule has 0 saturated heterocycles. The van der Waals surface area contributed by atoms with E-state index in [0.717, 1.165) is 29.9 Å². The van der Waals surface area contributed by atoms with Crippen LogP contribution in [0, 0.1) is 11.3 Å². The maximum Gasteiger partial charge on any atom is 0.158 e. The fourth-order valence-corrected chi connectivity index (χ4v) is 4.67. The van der Waals surface area contributed by atoms with E-state index < -0.39 is 5.92 Å². The van der Waals surface area contributed by atoms with Crippen molar-refractivity contribution in [2.45, 2.75) is 103 Å². The largest absolute Gasteiger partial charge is 0.372 e. The first-order valence-corrected chi connectivity index (χ1v) is 14.0. The summed E-state index contributed by atoms with van der Waals surface area (Å²) in [4.78, 5) is 15.5. The van der Waals surface area contributed by atoms with Crippen molar-refractivity contribution in [3.05, 3.63) is 65.7 Å². The third-order valence-corrected chi connectivity index (χ3v) is 6.80. The van der Waals surface area contributed by atoms with Crippen LogP contribution in [0.3, 0.4) is 0 Å². The van der Waals surface area contributed by atoms with Crippen LogP contribution in [0.25, 0.3) is 0 Å². The number of benzene rings is 2. The molecule has 0 N–H and O–H groups in total. The maximum absolute atomic E-state index is 13.0. The number of ketones is 1. The van der Waals surface area contributed by atoms with Crippen molar-refractivity contribution < 1.29 is 4.79 Å². The van der Waals surface area contributed by atoms with Crippen molar-refractivity contribution in [3.8, 4) is 6.07 Å². The van der Waals surface area contributed by atoms with Gasteiger partial charge in [-0.2, -0.15) is 5.26 Å². The summed E-state index contributed by atoms with van der Waals surface area (Å²) in [5.74, 6) is -0.755. The lowest BCUT2D eigenvalue weighted by molar-refractivity contribution is -0.118. The van der Waals surface area contributed by atoms with Gasteiger partial charge in [0.25, 0.3) is 0 Å². The van der Waals surface area contributed by atoms with Gasteiger partial charge in [-0.3, -0.25) is 4.79 Å². The number of rotatable bonds is 19. The van der Waals surface area contributed by atoms with Crippen LogP contribution in [-0.4, -0.2) is 18.9 Å². The fourth-order valence-electron chi connectivity index (χ4n) is 4.67. The van der Waals surface area contributed by atoms with E-state index in [9.17, 15) is 10.1 Å². The van der Waals surface area contributed by atoms with Gasteiger partial charge < -0.3 is 4.90 Å². The molecule has 1 unspecified atom stereocenters. The molecule has 2 rings (SSSR count). The maximum atomic E-state index is 13.0. The van der Waals surface area contributed by atoms with Crippen LogP contribution in [0.2, 0.25) is 0 Å². The molecule has 0 spiro atoms. The van der Waals surface area contributed by atoms with Crippen LogP contribution < -0.4 is 4.90 Å². The Bertz CT molecular complexity index is 855. The number of nitrogens with zero attached hydrogens (tertiary/aromatic N) is 2. The van der Waals surface area contributed by atoms with Gasteiger partial charge >= 0.3 is 0 Å². The molecule has 3 nitrogen and oxygen atoms in total. The molecule has 190 valence electrons. The minimum absolute atomic E-state index is 0.0331. The molecule has 35 heavy (non-hydrogen) atoms. The highest BCUT2D eigenvalue weighted by atomic mass is 16.1. The number of anilines is 1. The second-order valence-electron chi connectivity index (χ2n) is 9.81. The van der Waals surface area contributed by atoms with E-state index in [-0.39, 0.29) is 5.78 Å². The van der Waals surface area contributed by atoms with Crippen LogP contribution in [0.1, 0.15) is 108 Å². The van der Waals surface area contributed by atoms with Gasteiger partial charge in [-0.05, 0) is 36.1 Å². The zero-order chi connectivity index (χ0) is 25.1. The zero-order valence-corrected chi connectivity index (χ0v) is 22.2. The predicted octanol–water partition coefficient (Wildman–Crippen LogP) is 8.63. The van der Waals surface area contributed by atoms with Crippen LogP contribution in [-0.2, 0) is 11.2 Å². The van der Waals surface area contributed by atoms with E-state index >= 15 is 0 Å². The third kappa shape index (κ3) is 11.1. The molecule has 2 aromatic rings. The summed E-state index contributed by atoms with van der Waals surface area (Å²) in [6.45, 7) is 6.60. The van der Waals surface area contributed by atoms with Gasteiger partial charge in [-0.15, -0.1) is 0 Å². The molecule has 1 atom stereocenters. The van der Waals surface area contributed by atoms with Crippen molar-refractivity contribution in [1.29, 1.82) is 5.26 Å². The molecule has 0 bridgehead atoms. The smallest absolute Gasteiger partial charge is 0.158 e. The summed E-state index contributed by atoms with van der Waals surface area (Å²) < 4.78 is 0. The van der Waals surface area contributed by atoms with E-state index in [1.165, 1.54) is 77.0 Å². The number of carbonyl (C=O) groups excluding carboxylic acids is 1. The lowest BCUT2D eigenvalue weighted by atomic mass is 9.92. The van der Waals surface area contributed by atoms with Crippen molar-refractivity contribution in [1.82, 2.24) is 0 Å². The molecular formula is C32H46N2O. The zero-order valence-electron chi connectivity index (χ0n) is 22.2. The second-order valence-corrected chi connectivity index (χ2v) is 9.81. The van der Waals surface area contributed by atoms with Gasteiger partial charge in [0.2, 0.25) is 0 Å². The summed E-state index contributed by atoms with van der Waals surface area (Å²) in [6, 6.07) is 20.2. The lowest BCUT2D eigenvalue weighted by Gasteiger charge is -2.26. The molecule has 0 aliphatic rings. The summed E-state index contributed by atoms with van der Waals surface area (Å²) >= 11 is 0. The molecule has 2 aromatic carbocycles. The lowest BCUT2D eigenvalue weighted by Crippen LogP contribution is -2.26. The molecule has 0 aliphatic carbocycles. The fraction of sp³-hybridized carbons (Fsp3) is 0.562. The minimum Gasteiger partial charge on any atom is -0.372 e. The summed E-state index contributed by atoms with van der Waals surface area (Å²) in [7, 11) is 0. The van der Waals surface area contributed by atoms with E-state index in [0.29, 0.717) is 6.42 Å². The van der Waals surface area contributed by atoms with Gasteiger partial charge in [0, 0.05) is 25.2 Å². The molecule has 0 heterocycles. The van der Waals surface area contributed by atoms with Gasteiger partial charge in [-0.25, -0.2) is 0 Å². The highest BCUT2D eigenvalue weighted by Gasteiger charge is 2.21. The van der Waals surface area contributed by atoms with E-state index in [1.54, 1.807) is 0 Å². The second kappa shape index (κ2) is 17.8. The molecule has 0 fully saturated rings. The van der Waals surface area contributed by atoms with Crippen molar-refractivity contribution >= 4 is 11.5 Å². The molecule has 0 aliphatic heterocycles. The monoisotopic (exact) mass is 474 g/mol. The number of hydrogen-bond donors (Lipinski definition) is 0. The Balaban J connectivity index is 2.05. The van der Waals surface area contributed by atoms with Gasteiger partial charge in [-0.1, -0.05) is 121 Å². The normalized spacial score (nSPS) is 11.7. The van der Waals surface area contributed by atoms with Crippen molar-refractivity contribution in [2.24, 2.45) is 0 Å². The summed E-state index contributed by atoms with van der Waals surface area (Å²) in [5, 5.41) is 9.86. The first kappa shape index (κ1) is 28.6. The average Bonchev–Trinajstić information content (AvgIpc) is 2.88. The Morgan fingerprint density at radius 2 is 1.34 bits per heavy atom. The minimum atomic E-state index is -0.722. The summed E-state index contributed by atoms with van der Waals surface area (Å²) in [5.41, 5.74) is 2.93. The number of carbonyl (C=O) groups is 1. The predicted molar refractivity (Wildman–Crippen MR) is 149 cm³/mol. The highest BCUT2D eigenvalue weighted by Crippen LogP contribution is 2.25. The Hall–Kier alpha value is -2.60. The third-order valence-electron chi connectivity index (χ3n) is 6.80. The van der Waals surface area contributed by atoms with Crippen LogP contribution >= 0.6 is 0 Å². The standard InChI is InChI=1S/C32H46N2O/c1-3-5-7-9-11-16-23-34(24-17-12-10-8-6-4-2)30-22-18-21-29(26-30)31(27-33)32(35)25-28-19-14-13-15-20-28/h13-15,18-22,26,31H,3-12,16-17,23-25H2,1-2H3. The van der Waals surface area contributed by atoms with E-state index in [4.69, 9.17) is 0 Å². The Morgan fingerprint density at radius 1 is 0.771 bits per heavy atom. The van der Waals surface area contributed by atoms with Gasteiger partial charge in [0.1, 0.15) is 5.92 Å². The highest BCUT2D eigenvalue weighted by molar-refractivity contribution is 5.90. The van der Waals surface area contributed by atoms with Crippen molar-refractivity contribution in [3.63, 3.8) is 0 Å². The average molecular weight is 475 g/mol. The summed E-state index contributed by atoms with van der Waals surface area (Å²) in [6.07, 6.45) is 15.7. The molecular weight excluding hydrogens is 428 g/mol. The quantitative estimate of drug-likeness (QED) is 0.191. The van der Waals surface area contributed by atoms with Crippen LogP contribution in [0.5, 0.6) is 0 Å². The number of Topliss-reactive ketones (excluding diaryl/α,β-unsaturated/α-hetero) is 1. The Morgan fingerprint density at radius 3 is 1.91 bits per heavy atom. The molecule has 0 saturated carbocycles. The van der Waals surface area contributed by atoms with Gasteiger partial charge in [0.05, 0.1) is 6.07 Å². The topological polar surface area (TPSA) is 44.1 Å². The molecule has 3 heteroatoms. The van der Waals surface area contributed by atoms with E-state index in [2.05, 4.69) is 36.9 Å². The Kier molecular flexibility index (Phi) is 14.5. The van der Waals surface area contributed by atoms with E-state index in [1.807, 2.05) is 42.5 Å². The molecule has 0 aromatic heterocycles.